The lowest BCUT2D eigenvalue weighted by atomic mass is 9.97. The number of rotatable bonds is 3. The van der Waals surface area contributed by atoms with Gasteiger partial charge in [-0.15, -0.1) is 0 Å². The number of ether oxygens (including phenoxy) is 2. The van der Waals surface area contributed by atoms with Crippen LogP contribution in [0.2, 0.25) is 0 Å². The quantitative estimate of drug-likeness (QED) is 0.535. The lowest BCUT2D eigenvalue weighted by molar-refractivity contribution is -0.200. The number of esters is 2. The van der Waals surface area contributed by atoms with Crippen LogP contribution in [0.25, 0.3) is 0 Å². The number of hydrogen-bond acceptors (Lipinski definition) is 4. The van der Waals surface area contributed by atoms with Crippen LogP contribution in [0.4, 0.5) is 0 Å². The molecule has 0 rings (SSSR count). The molecule has 0 bridgehead atoms. The summed E-state index contributed by atoms with van der Waals surface area (Å²) in [6.45, 7) is 10.2. The Morgan fingerprint density at radius 2 is 1.53 bits per heavy atom. The number of hydrogen-bond donors (Lipinski definition) is 0. The molecule has 0 aliphatic heterocycles. The fourth-order valence-electron chi connectivity index (χ4n) is 0.742. The van der Waals surface area contributed by atoms with Crippen LogP contribution in [0.15, 0.2) is 0 Å². The third-order valence-electron chi connectivity index (χ3n) is 1.66. The molecule has 1 atom stereocenters. The van der Waals surface area contributed by atoms with Gasteiger partial charge in [0, 0.05) is 12.8 Å². The molecule has 0 saturated carbocycles. The first kappa shape index (κ1) is 13.9. The summed E-state index contributed by atoms with van der Waals surface area (Å²) in [4.78, 5) is 22.3. The third kappa shape index (κ3) is 5.40. The van der Waals surface area contributed by atoms with Crippen molar-refractivity contribution in [1.29, 1.82) is 0 Å². The zero-order valence-corrected chi connectivity index (χ0v) is 10.3. The second-order valence-corrected chi connectivity index (χ2v) is 4.88. The molecule has 0 aromatic heterocycles. The molecule has 0 amide bonds. The average molecular weight is 216 g/mol. The average Bonchev–Trinajstić information content (AvgIpc) is 1.99. The molecule has 0 N–H and O–H groups in total. The standard InChI is InChI=1S/C11H20O4/c1-7(2)9(14-8(3)12)15-10(13)11(4,5)6/h7,9H,1-6H3. The Balaban J connectivity index is 4.42. The summed E-state index contributed by atoms with van der Waals surface area (Å²) in [6.07, 6.45) is -0.797. The minimum atomic E-state index is -0.797. The van der Waals surface area contributed by atoms with Crippen LogP contribution in [0, 0.1) is 11.3 Å². The lowest BCUT2D eigenvalue weighted by Gasteiger charge is -2.24. The van der Waals surface area contributed by atoms with E-state index in [1.54, 1.807) is 20.8 Å². The van der Waals surface area contributed by atoms with Crippen molar-refractivity contribution >= 4 is 11.9 Å². The molecule has 4 heteroatoms. The van der Waals surface area contributed by atoms with Crippen LogP contribution in [0.5, 0.6) is 0 Å². The zero-order valence-electron chi connectivity index (χ0n) is 10.3. The highest BCUT2D eigenvalue weighted by Crippen LogP contribution is 2.19. The maximum Gasteiger partial charge on any atom is 0.314 e. The summed E-state index contributed by atoms with van der Waals surface area (Å²) in [5, 5.41) is 0. The molecule has 4 nitrogen and oxygen atoms in total. The van der Waals surface area contributed by atoms with Crippen molar-refractivity contribution in [1.82, 2.24) is 0 Å². The topological polar surface area (TPSA) is 52.6 Å². The van der Waals surface area contributed by atoms with Gasteiger partial charge in [-0.1, -0.05) is 13.8 Å². The summed E-state index contributed by atoms with van der Waals surface area (Å²) in [7, 11) is 0. The molecule has 15 heavy (non-hydrogen) atoms. The number of carbonyl (C=O) groups excluding carboxylic acids is 2. The monoisotopic (exact) mass is 216 g/mol. The summed E-state index contributed by atoms with van der Waals surface area (Å²) in [5.41, 5.74) is -0.590. The van der Waals surface area contributed by atoms with Crippen LogP contribution in [0.1, 0.15) is 41.5 Å². The summed E-state index contributed by atoms with van der Waals surface area (Å²) in [5.74, 6) is -0.877. The first-order chi connectivity index (χ1) is 6.64. The van der Waals surface area contributed by atoms with E-state index in [2.05, 4.69) is 0 Å². The van der Waals surface area contributed by atoms with Gasteiger partial charge in [0.15, 0.2) is 0 Å². The van der Waals surface area contributed by atoms with Crippen molar-refractivity contribution in [3.05, 3.63) is 0 Å². The van der Waals surface area contributed by atoms with Gasteiger partial charge in [0.05, 0.1) is 5.41 Å². The van der Waals surface area contributed by atoms with Crippen LogP contribution in [0.3, 0.4) is 0 Å². The fourth-order valence-corrected chi connectivity index (χ4v) is 0.742. The van der Waals surface area contributed by atoms with E-state index < -0.39 is 17.7 Å². The van der Waals surface area contributed by atoms with Gasteiger partial charge in [0.2, 0.25) is 6.29 Å². The van der Waals surface area contributed by atoms with E-state index in [9.17, 15) is 9.59 Å². The van der Waals surface area contributed by atoms with Crippen molar-refractivity contribution < 1.29 is 19.1 Å². The Hall–Kier alpha value is -1.06. The molecule has 0 spiro atoms. The SMILES string of the molecule is CC(=O)OC(OC(=O)C(C)(C)C)C(C)C. The molecule has 0 aromatic carbocycles. The minimum absolute atomic E-state index is 0.0554. The molecule has 0 fully saturated rings. The Bertz CT molecular complexity index is 237. The summed E-state index contributed by atoms with van der Waals surface area (Å²) in [6, 6.07) is 0. The Labute approximate surface area is 90.9 Å². The van der Waals surface area contributed by atoms with E-state index in [-0.39, 0.29) is 11.9 Å². The second-order valence-electron chi connectivity index (χ2n) is 4.88. The van der Waals surface area contributed by atoms with Crippen LogP contribution >= 0.6 is 0 Å². The van der Waals surface area contributed by atoms with E-state index in [0.29, 0.717) is 0 Å². The van der Waals surface area contributed by atoms with Gasteiger partial charge >= 0.3 is 11.9 Å². The van der Waals surface area contributed by atoms with E-state index in [1.165, 1.54) is 6.92 Å². The van der Waals surface area contributed by atoms with Crippen molar-refractivity contribution in [2.45, 2.75) is 47.8 Å². The lowest BCUT2D eigenvalue weighted by Crippen LogP contribution is -2.33. The van der Waals surface area contributed by atoms with Gasteiger partial charge in [-0.3, -0.25) is 9.59 Å². The second kappa shape index (κ2) is 5.14. The largest absolute Gasteiger partial charge is 0.425 e. The maximum absolute atomic E-state index is 11.5. The molecule has 0 saturated heterocycles. The Kier molecular flexibility index (Phi) is 4.78. The van der Waals surface area contributed by atoms with E-state index >= 15 is 0 Å². The molecule has 0 aromatic rings. The summed E-state index contributed by atoms with van der Waals surface area (Å²) >= 11 is 0. The molecule has 88 valence electrons. The fraction of sp³-hybridized carbons (Fsp3) is 0.818. The van der Waals surface area contributed by atoms with Crippen LogP contribution < -0.4 is 0 Å². The first-order valence-electron chi connectivity index (χ1n) is 5.03. The minimum Gasteiger partial charge on any atom is -0.425 e. The first-order valence-corrected chi connectivity index (χ1v) is 5.03. The molecule has 0 aliphatic carbocycles. The van der Waals surface area contributed by atoms with Gasteiger partial charge in [-0.2, -0.15) is 0 Å². The van der Waals surface area contributed by atoms with E-state index in [1.807, 2.05) is 13.8 Å². The Morgan fingerprint density at radius 1 is 1.07 bits per heavy atom. The van der Waals surface area contributed by atoms with Gasteiger partial charge in [-0.05, 0) is 20.8 Å². The van der Waals surface area contributed by atoms with Crippen molar-refractivity contribution in [3.63, 3.8) is 0 Å². The van der Waals surface area contributed by atoms with Gasteiger partial charge in [0.1, 0.15) is 0 Å². The molecule has 0 aliphatic rings. The highest BCUT2D eigenvalue weighted by atomic mass is 16.7. The van der Waals surface area contributed by atoms with Crippen molar-refractivity contribution in [2.24, 2.45) is 11.3 Å². The molecule has 0 heterocycles. The predicted molar refractivity (Wildman–Crippen MR) is 55.9 cm³/mol. The van der Waals surface area contributed by atoms with E-state index in [0.717, 1.165) is 0 Å². The predicted octanol–water partition coefficient (Wildman–Crippen LogP) is 2.12. The third-order valence-corrected chi connectivity index (χ3v) is 1.66. The smallest absolute Gasteiger partial charge is 0.314 e. The van der Waals surface area contributed by atoms with Crippen LogP contribution in [-0.4, -0.2) is 18.2 Å². The zero-order chi connectivity index (χ0) is 12.2. The normalized spacial score (nSPS) is 13.5. The molecular weight excluding hydrogens is 196 g/mol. The number of carbonyl (C=O) groups is 2. The molecule has 0 radical (unpaired) electrons. The van der Waals surface area contributed by atoms with Gasteiger partial charge in [-0.25, -0.2) is 0 Å². The maximum atomic E-state index is 11.5. The van der Waals surface area contributed by atoms with Crippen molar-refractivity contribution in [3.8, 4) is 0 Å². The highest BCUT2D eigenvalue weighted by molar-refractivity contribution is 5.75. The van der Waals surface area contributed by atoms with E-state index in [4.69, 9.17) is 9.47 Å². The molecule has 1 unspecified atom stereocenters. The van der Waals surface area contributed by atoms with Gasteiger partial charge < -0.3 is 9.47 Å². The molecular formula is C11H20O4. The van der Waals surface area contributed by atoms with Crippen LogP contribution in [-0.2, 0) is 19.1 Å². The summed E-state index contributed by atoms with van der Waals surface area (Å²) < 4.78 is 10.0. The highest BCUT2D eigenvalue weighted by Gasteiger charge is 2.29. The Morgan fingerprint density at radius 3 is 1.80 bits per heavy atom. The van der Waals surface area contributed by atoms with Gasteiger partial charge in [0.25, 0.3) is 0 Å². The van der Waals surface area contributed by atoms with Crippen molar-refractivity contribution in [2.75, 3.05) is 0 Å².